The van der Waals surface area contributed by atoms with Gasteiger partial charge in [-0.05, 0) is 19.3 Å². The fourth-order valence-corrected chi connectivity index (χ4v) is 4.50. The van der Waals surface area contributed by atoms with Gasteiger partial charge in [0.25, 0.3) is 0 Å². The maximum atomic E-state index is 12.1. The van der Waals surface area contributed by atoms with Crippen LogP contribution < -0.4 is 10.6 Å². The molecule has 0 bridgehead atoms. The lowest BCUT2D eigenvalue weighted by atomic mass is 9.97. The predicted octanol–water partition coefficient (Wildman–Crippen LogP) is 1.19. The molecule has 2 N–H and O–H groups in total. The van der Waals surface area contributed by atoms with Crippen molar-refractivity contribution in [2.75, 3.05) is 25.4 Å². The van der Waals surface area contributed by atoms with Gasteiger partial charge in [-0.15, -0.1) is 11.8 Å². The van der Waals surface area contributed by atoms with Crippen molar-refractivity contribution in [2.45, 2.75) is 50.9 Å². The van der Waals surface area contributed by atoms with E-state index in [4.69, 9.17) is 0 Å². The van der Waals surface area contributed by atoms with E-state index in [0.717, 1.165) is 31.7 Å². The molecule has 2 rings (SSSR count). The Kier molecular flexibility index (Phi) is 6.36. The number of hydrogen-bond acceptors (Lipinski definition) is 4. The molecule has 0 aromatic heterocycles. The molecule has 0 saturated carbocycles. The van der Waals surface area contributed by atoms with Crippen molar-refractivity contribution in [2.24, 2.45) is 5.92 Å². The third-order valence-electron chi connectivity index (χ3n) is 4.18. The van der Waals surface area contributed by atoms with Gasteiger partial charge < -0.3 is 10.2 Å². The molecule has 0 aromatic rings. The summed E-state index contributed by atoms with van der Waals surface area (Å²) in [6.07, 6.45) is 3.89. The average Bonchev–Trinajstić information content (AvgIpc) is 2.94. The number of piperidine rings is 1. The molecule has 0 aromatic carbocycles. The minimum absolute atomic E-state index is 0.0271. The monoisotopic (exact) mass is 313 g/mol. The number of hydrogen-bond donors (Lipinski definition) is 2. The van der Waals surface area contributed by atoms with Crippen LogP contribution in [0.25, 0.3) is 0 Å². The van der Waals surface area contributed by atoms with E-state index in [-0.39, 0.29) is 5.91 Å². The lowest BCUT2D eigenvalue weighted by molar-refractivity contribution is -0.133. The third-order valence-corrected chi connectivity index (χ3v) is 5.65. The van der Waals surface area contributed by atoms with Gasteiger partial charge in [-0.1, -0.05) is 6.92 Å². The van der Waals surface area contributed by atoms with Gasteiger partial charge in [0.1, 0.15) is 0 Å². The number of rotatable bonds is 5. The zero-order valence-corrected chi connectivity index (χ0v) is 13.9. The van der Waals surface area contributed by atoms with Crippen molar-refractivity contribution in [3.05, 3.63) is 0 Å². The fourth-order valence-electron chi connectivity index (χ4n) is 3.06. The molecular formula is C15H27N3O2S. The summed E-state index contributed by atoms with van der Waals surface area (Å²) in [6, 6.07) is 0.352. The first-order valence-electron chi connectivity index (χ1n) is 8.00. The summed E-state index contributed by atoms with van der Waals surface area (Å²) in [5.41, 5.74) is 0. The fraction of sp³-hybridized carbons (Fsp3) is 0.867. The number of nitrogens with one attached hydrogen (secondary N) is 2. The summed E-state index contributed by atoms with van der Waals surface area (Å²) in [6.45, 7) is 6.11. The third kappa shape index (κ3) is 4.88. The lowest BCUT2D eigenvalue weighted by Gasteiger charge is -2.35. The molecule has 3 atom stereocenters. The van der Waals surface area contributed by atoms with E-state index in [2.05, 4.69) is 17.6 Å². The number of thioether (sulfide) groups is 1. The van der Waals surface area contributed by atoms with Gasteiger partial charge >= 0.3 is 0 Å². The first-order valence-corrected chi connectivity index (χ1v) is 9.05. The van der Waals surface area contributed by atoms with E-state index in [1.165, 1.54) is 6.42 Å². The molecule has 0 radical (unpaired) electrons. The van der Waals surface area contributed by atoms with Crippen LogP contribution in [0.5, 0.6) is 0 Å². The molecule has 6 heteroatoms. The van der Waals surface area contributed by atoms with Crippen molar-refractivity contribution in [3.8, 4) is 0 Å². The quantitative estimate of drug-likeness (QED) is 0.800. The van der Waals surface area contributed by atoms with Crippen molar-refractivity contribution in [1.82, 2.24) is 15.5 Å². The van der Waals surface area contributed by atoms with Crippen molar-refractivity contribution < 1.29 is 9.59 Å². The second kappa shape index (κ2) is 8.03. The van der Waals surface area contributed by atoms with Gasteiger partial charge in [0.15, 0.2) is 0 Å². The number of likely N-dealkylation sites (tertiary alicyclic amines) is 1. The minimum atomic E-state index is 0.0271. The van der Waals surface area contributed by atoms with Gasteiger partial charge in [0.2, 0.25) is 11.8 Å². The molecule has 2 heterocycles. The first kappa shape index (κ1) is 16.6. The number of carbonyl (C=O) groups excluding carboxylic acids is 2. The molecule has 2 aliphatic heterocycles. The van der Waals surface area contributed by atoms with Crippen molar-refractivity contribution in [1.29, 1.82) is 0 Å². The Balaban J connectivity index is 1.79. The van der Waals surface area contributed by atoms with E-state index < -0.39 is 0 Å². The number of carbonyl (C=O) groups is 2. The topological polar surface area (TPSA) is 61.4 Å². The highest BCUT2D eigenvalue weighted by molar-refractivity contribution is 8.00. The summed E-state index contributed by atoms with van der Waals surface area (Å²) < 4.78 is 0. The summed E-state index contributed by atoms with van der Waals surface area (Å²) in [4.78, 5) is 25.1. The first-order chi connectivity index (χ1) is 10.1. The molecule has 2 amide bonds. The number of nitrogens with zero attached hydrogens (tertiary/aromatic N) is 1. The zero-order valence-electron chi connectivity index (χ0n) is 13.1. The predicted molar refractivity (Wildman–Crippen MR) is 86.1 cm³/mol. The summed E-state index contributed by atoms with van der Waals surface area (Å²) in [7, 11) is 0. The van der Waals surface area contributed by atoms with E-state index in [1.54, 1.807) is 6.92 Å². The van der Waals surface area contributed by atoms with Crippen molar-refractivity contribution >= 4 is 23.6 Å². The molecular weight excluding hydrogens is 286 g/mol. The molecule has 5 nitrogen and oxygen atoms in total. The molecule has 2 saturated heterocycles. The van der Waals surface area contributed by atoms with Crippen LogP contribution in [0.3, 0.4) is 0 Å². The van der Waals surface area contributed by atoms with Crippen molar-refractivity contribution in [3.63, 3.8) is 0 Å². The standard InChI is InChI=1S/C15H27N3O2S/c1-3-5-14(20)18-7-4-6-12(9-18)15-17-13(10-21-15)8-16-11(2)19/h12-13,15,17H,3-10H2,1-2H3,(H,16,19). The van der Waals surface area contributed by atoms with Crippen LogP contribution in [0.2, 0.25) is 0 Å². The molecule has 2 fully saturated rings. The Hall–Kier alpha value is -0.750. The molecule has 0 spiro atoms. The lowest BCUT2D eigenvalue weighted by Crippen LogP contribution is -2.47. The highest BCUT2D eigenvalue weighted by atomic mass is 32.2. The molecule has 21 heavy (non-hydrogen) atoms. The molecule has 0 aliphatic carbocycles. The summed E-state index contributed by atoms with van der Waals surface area (Å²) >= 11 is 1.94. The van der Waals surface area contributed by atoms with E-state index in [0.29, 0.717) is 36.2 Å². The van der Waals surface area contributed by atoms with Gasteiger partial charge in [-0.3, -0.25) is 14.9 Å². The zero-order chi connectivity index (χ0) is 15.2. The Morgan fingerprint density at radius 1 is 1.43 bits per heavy atom. The maximum Gasteiger partial charge on any atom is 0.222 e. The van der Waals surface area contributed by atoms with Crippen LogP contribution in [0.4, 0.5) is 0 Å². The summed E-state index contributed by atoms with van der Waals surface area (Å²) in [5.74, 6) is 1.90. The van der Waals surface area contributed by atoms with Gasteiger partial charge in [0, 0.05) is 50.7 Å². The molecule has 3 unspecified atom stereocenters. The Morgan fingerprint density at radius 3 is 2.95 bits per heavy atom. The summed E-state index contributed by atoms with van der Waals surface area (Å²) in [5, 5.41) is 6.91. The van der Waals surface area contributed by atoms with Crippen LogP contribution in [0.15, 0.2) is 0 Å². The van der Waals surface area contributed by atoms with Crippen LogP contribution in [0, 0.1) is 5.92 Å². The normalized spacial score (nSPS) is 29.4. The second-order valence-electron chi connectivity index (χ2n) is 6.05. The maximum absolute atomic E-state index is 12.1. The van der Waals surface area contributed by atoms with Gasteiger partial charge in [-0.25, -0.2) is 0 Å². The van der Waals surface area contributed by atoms with Crippen LogP contribution in [-0.2, 0) is 9.59 Å². The highest BCUT2D eigenvalue weighted by Gasteiger charge is 2.34. The SMILES string of the molecule is CCCC(=O)N1CCCC(C2NC(CNC(C)=O)CS2)C1. The largest absolute Gasteiger partial charge is 0.355 e. The number of amides is 2. The molecule has 120 valence electrons. The van der Waals surface area contributed by atoms with Crippen LogP contribution in [-0.4, -0.2) is 53.5 Å². The highest BCUT2D eigenvalue weighted by Crippen LogP contribution is 2.31. The van der Waals surface area contributed by atoms with Gasteiger partial charge in [-0.2, -0.15) is 0 Å². The molecule has 2 aliphatic rings. The van der Waals surface area contributed by atoms with Crippen LogP contribution >= 0.6 is 11.8 Å². The van der Waals surface area contributed by atoms with E-state index in [1.807, 2.05) is 16.7 Å². The van der Waals surface area contributed by atoms with Gasteiger partial charge in [0.05, 0.1) is 5.37 Å². The Morgan fingerprint density at radius 2 is 2.24 bits per heavy atom. The van der Waals surface area contributed by atoms with Crippen LogP contribution in [0.1, 0.15) is 39.5 Å². The Labute approximate surface area is 131 Å². The van der Waals surface area contributed by atoms with E-state index in [9.17, 15) is 9.59 Å². The smallest absolute Gasteiger partial charge is 0.222 e. The van der Waals surface area contributed by atoms with E-state index >= 15 is 0 Å². The Bertz CT molecular complexity index is 378. The average molecular weight is 313 g/mol. The second-order valence-corrected chi connectivity index (χ2v) is 7.22. The minimum Gasteiger partial charge on any atom is -0.355 e.